The highest BCUT2D eigenvalue weighted by atomic mass is 16.5. The van der Waals surface area contributed by atoms with Crippen molar-refractivity contribution in [3.63, 3.8) is 0 Å². The SMILES string of the molecule is COc1ccc(CC(=O)O[C@@H](C)C(=O)Nc2c(C)cc(C)cc2C)cc1OC. The van der Waals surface area contributed by atoms with Crippen LogP contribution in [0.3, 0.4) is 0 Å². The Hall–Kier alpha value is -3.02. The molecule has 0 aliphatic carbocycles. The number of hydrogen-bond donors (Lipinski definition) is 1. The minimum atomic E-state index is -0.909. The van der Waals surface area contributed by atoms with Crippen LogP contribution in [0, 0.1) is 20.8 Å². The molecule has 0 aromatic heterocycles. The Morgan fingerprint density at radius 2 is 1.57 bits per heavy atom. The number of carbonyl (C=O) groups is 2. The predicted octanol–water partition coefficient (Wildman–Crippen LogP) is 3.74. The normalized spacial score (nSPS) is 11.5. The molecule has 2 aromatic carbocycles. The molecule has 150 valence electrons. The first kappa shape index (κ1) is 21.3. The Morgan fingerprint density at radius 3 is 2.14 bits per heavy atom. The van der Waals surface area contributed by atoms with Crippen LogP contribution < -0.4 is 14.8 Å². The smallest absolute Gasteiger partial charge is 0.311 e. The molecule has 2 rings (SSSR count). The number of esters is 1. The van der Waals surface area contributed by atoms with Crippen molar-refractivity contribution in [3.05, 3.63) is 52.6 Å². The van der Waals surface area contributed by atoms with Crippen LogP contribution in [0.1, 0.15) is 29.2 Å². The molecule has 28 heavy (non-hydrogen) atoms. The van der Waals surface area contributed by atoms with Gasteiger partial charge in [-0.25, -0.2) is 0 Å². The summed E-state index contributed by atoms with van der Waals surface area (Å²) >= 11 is 0. The van der Waals surface area contributed by atoms with Crippen LogP contribution in [0.5, 0.6) is 11.5 Å². The largest absolute Gasteiger partial charge is 0.493 e. The standard InChI is InChI=1S/C22H27NO5/c1-13-9-14(2)21(15(3)10-13)23-22(25)16(4)28-20(24)12-17-7-8-18(26-5)19(11-17)27-6/h7-11,16H,12H2,1-6H3,(H,23,25)/t16-/m0/s1. The molecule has 6 heteroatoms. The Bertz CT molecular complexity index is 852. The zero-order valence-electron chi connectivity index (χ0n) is 17.2. The van der Waals surface area contributed by atoms with Crippen molar-refractivity contribution in [1.29, 1.82) is 0 Å². The number of amides is 1. The maximum absolute atomic E-state index is 12.4. The van der Waals surface area contributed by atoms with E-state index in [1.54, 1.807) is 32.2 Å². The van der Waals surface area contributed by atoms with Crippen molar-refractivity contribution in [1.82, 2.24) is 0 Å². The first-order valence-electron chi connectivity index (χ1n) is 9.04. The lowest BCUT2D eigenvalue weighted by Gasteiger charge is -2.17. The van der Waals surface area contributed by atoms with Gasteiger partial charge in [0.1, 0.15) is 0 Å². The molecule has 1 atom stereocenters. The van der Waals surface area contributed by atoms with Crippen molar-refractivity contribution in [2.75, 3.05) is 19.5 Å². The lowest BCUT2D eigenvalue weighted by atomic mass is 10.0. The summed E-state index contributed by atoms with van der Waals surface area (Å²) in [5, 5.41) is 2.86. The van der Waals surface area contributed by atoms with Gasteiger partial charge in [-0.15, -0.1) is 0 Å². The van der Waals surface area contributed by atoms with Gasteiger partial charge >= 0.3 is 5.97 Å². The molecule has 0 radical (unpaired) electrons. The van der Waals surface area contributed by atoms with E-state index in [0.29, 0.717) is 17.1 Å². The van der Waals surface area contributed by atoms with Crippen LogP contribution >= 0.6 is 0 Å². The zero-order valence-corrected chi connectivity index (χ0v) is 17.2. The Morgan fingerprint density at radius 1 is 0.964 bits per heavy atom. The predicted molar refractivity (Wildman–Crippen MR) is 108 cm³/mol. The number of methoxy groups -OCH3 is 2. The number of ether oxygens (including phenoxy) is 3. The van der Waals surface area contributed by atoms with E-state index in [1.807, 2.05) is 32.9 Å². The van der Waals surface area contributed by atoms with Gasteiger partial charge in [-0.3, -0.25) is 9.59 Å². The summed E-state index contributed by atoms with van der Waals surface area (Å²) in [5.74, 6) is 0.253. The number of rotatable bonds is 7. The van der Waals surface area contributed by atoms with E-state index < -0.39 is 12.1 Å². The van der Waals surface area contributed by atoms with Gasteiger partial charge in [0.25, 0.3) is 5.91 Å². The third-order valence-corrected chi connectivity index (χ3v) is 4.40. The van der Waals surface area contributed by atoms with E-state index in [0.717, 1.165) is 22.4 Å². The summed E-state index contributed by atoms with van der Waals surface area (Å²) in [7, 11) is 3.07. The Kier molecular flexibility index (Phi) is 7.04. The average molecular weight is 385 g/mol. The van der Waals surface area contributed by atoms with Crippen molar-refractivity contribution < 1.29 is 23.8 Å². The number of carbonyl (C=O) groups excluding carboxylic acids is 2. The molecule has 0 saturated carbocycles. The third kappa shape index (κ3) is 5.25. The minimum absolute atomic E-state index is 0.0283. The maximum Gasteiger partial charge on any atom is 0.311 e. The molecular weight excluding hydrogens is 358 g/mol. The van der Waals surface area contributed by atoms with Gasteiger partial charge in [0.05, 0.1) is 20.6 Å². The fourth-order valence-corrected chi connectivity index (χ4v) is 3.05. The molecule has 0 bridgehead atoms. The second-order valence-corrected chi connectivity index (χ2v) is 6.76. The lowest BCUT2D eigenvalue weighted by Crippen LogP contribution is -2.31. The van der Waals surface area contributed by atoms with Crippen LogP contribution in [0.15, 0.2) is 30.3 Å². The van der Waals surface area contributed by atoms with Crippen LogP contribution in [0.4, 0.5) is 5.69 Å². The summed E-state index contributed by atoms with van der Waals surface area (Å²) in [4.78, 5) is 24.7. The number of aryl methyl sites for hydroxylation is 3. The molecule has 0 aliphatic heterocycles. The summed E-state index contributed by atoms with van der Waals surface area (Å²) < 4.78 is 15.7. The molecule has 1 N–H and O–H groups in total. The highest BCUT2D eigenvalue weighted by molar-refractivity contribution is 5.96. The average Bonchev–Trinajstić information content (AvgIpc) is 2.64. The molecule has 0 heterocycles. The summed E-state index contributed by atoms with van der Waals surface area (Å²) in [5.41, 5.74) is 4.52. The van der Waals surface area contributed by atoms with Crippen molar-refractivity contribution >= 4 is 17.6 Å². The fourth-order valence-electron chi connectivity index (χ4n) is 3.05. The minimum Gasteiger partial charge on any atom is -0.493 e. The van der Waals surface area contributed by atoms with Gasteiger partial charge in [0.2, 0.25) is 0 Å². The van der Waals surface area contributed by atoms with E-state index in [1.165, 1.54) is 7.11 Å². The highest BCUT2D eigenvalue weighted by Gasteiger charge is 2.20. The second kappa shape index (κ2) is 9.26. The molecule has 2 aromatic rings. The van der Waals surface area contributed by atoms with Crippen molar-refractivity contribution in [2.24, 2.45) is 0 Å². The van der Waals surface area contributed by atoms with Gasteiger partial charge < -0.3 is 19.5 Å². The van der Waals surface area contributed by atoms with Crippen LogP contribution in [-0.4, -0.2) is 32.2 Å². The quantitative estimate of drug-likeness (QED) is 0.735. The second-order valence-electron chi connectivity index (χ2n) is 6.76. The first-order valence-corrected chi connectivity index (χ1v) is 9.04. The molecular formula is C22H27NO5. The van der Waals surface area contributed by atoms with E-state index in [4.69, 9.17) is 14.2 Å². The number of benzene rings is 2. The van der Waals surface area contributed by atoms with E-state index in [2.05, 4.69) is 5.32 Å². The van der Waals surface area contributed by atoms with Crippen LogP contribution in [0.25, 0.3) is 0 Å². The van der Waals surface area contributed by atoms with Crippen LogP contribution in [0.2, 0.25) is 0 Å². The summed E-state index contributed by atoms with van der Waals surface area (Å²) in [6.07, 6.45) is -0.881. The first-order chi connectivity index (χ1) is 13.2. The molecule has 1 amide bonds. The lowest BCUT2D eigenvalue weighted by molar-refractivity contribution is -0.152. The van der Waals surface area contributed by atoms with Gasteiger partial charge in [0, 0.05) is 5.69 Å². The molecule has 0 aliphatic rings. The topological polar surface area (TPSA) is 73.9 Å². The highest BCUT2D eigenvalue weighted by Crippen LogP contribution is 2.28. The van der Waals surface area contributed by atoms with E-state index in [-0.39, 0.29) is 12.3 Å². The van der Waals surface area contributed by atoms with Gasteiger partial charge in [0.15, 0.2) is 17.6 Å². The molecule has 0 spiro atoms. The molecule has 0 unspecified atom stereocenters. The van der Waals surface area contributed by atoms with E-state index in [9.17, 15) is 9.59 Å². The molecule has 0 saturated heterocycles. The fraction of sp³-hybridized carbons (Fsp3) is 0.364. The third-order valence-electron chi connectivity index (χ3n) is 4.40. The van der Waals surface area contributed by atoms with E-state index >= 15 is 0 Å². The van der Waals surface area contributed by atoms with Gasteiger partial charge in [-0.1, -0.05) is 23.8 Å². The van der Waals surface area contributed by atoms with Crippen molar-refractivity contribution in [3.8, 4) is 11.5 Å². The number of anilines is 1. The zero-order chi connectivity index (χ0) is 20.8. The summed E-state index contributed by atoms with van der Waals surface area (Å²) in [6, 6.07) is 9.18. The molecule has 6 nitrogen and oxygen atoms in total. The number of nitrogens with one attached hydrogen (secondary N) is 1. The molecule has 0 fully saturated rings. The van der Waals surface area contributed by atoms with Crippen LogP contribution in [-0.2, 0) is 20.7 Å². The summed E-state index contributed by atoms with van der Waals surface area (Å²) in [6.45, 7) is 7.43. The number of hydrogen-bond acceptors (Lipinski definition) is 5. The van der Waals surface area contributed by atoms with Gasteiger partial charge in [-0.2, -0.15) is 0 Å². The van der Waals surface area contributed by atoms with Crippen molar-refractivity contribution in [2.45, 2.75) is 40.2 Å². The Labute approximate surface area is 165 Å². The monoisotopic (exact) mass is 385 g/mol. The van der Waals surface area contributed by atoms with Gasteiger partial charge in [-0.05, 0) is 56.5 Å². The maximum atomic E-state index is 12.4. The Balaban J connectivity index is 1.99.